The van der Waals surface area contributed by atoms with E-state index in [1.807, 2.05) is 30.3 Å². The second-order valence-electron chi connectivity index (χ2n) is 7.40. The summed E-state index contributed by atoms with van der Waals surface area (Å²) in [5, 5.41) is 11.9. The summed E-state index contributed by atoms with van der Waals surface area (Å²) in [7, 11) is 0. The molecule has 0 radical (unpaired) electrons. The summed E-state index contributed by atoms with van der Waals surface area (Å²) >= 11 is 6.19. The van der Waals surface area contributed by atoms with E-state index in [9.17, 15) is 4.79 Å². The summed E-state index contributed by atoms with van der Waals surface area (Å²) in [6.07, 6.45) is 3.54. The van der Waals surface area contributed by atoms with Crippen molar-refractivity contribution in [2.24, 2.45) is 0 Å². The first-order valence-electron chi connectivity index (χ1n) is 9.88. The maximum atomic E-state index is 12.6. The molecule has 150 valence electrons. The van der Waals surface area contributed by atoms with E-state index >= 15 is 0 Å². The zero-order chi connectivity index (χ0) is 20.1. The number of rotatable bonds is 6. The SMILES string of the molecule is O=C(NC1CCN(Cc2ccccc2)CC1)c1cn(Cc2ccccc2Cl)nn1. The Hall–Kier alpha value is -2.70. The standard InChI is InChI=1S/C22H24ClN5O/c23-20-9-5-4-8-18(20)15-28-16-21(25-26-28)22(29)24-19-10-12-27(13-11-19)14-17-6-2-1-3-7-17/h1-9,16,19H,10-15H2,(H,24,29). The van der Waals surface area contributed by atoms with Crippen LogP contribution in [0.4, 0.5) is 0 Å². The Kier molecular flexibility index (Phi) is 6.22. The zero-order valence-electron chi connectivity index (χ0n) is 16.2. The van der Waals surface area contributed by atoms with Crippen molar-refractivity contribution in [3.8, 4) is 0 Å². The lowest BCUT2D eigenvalue weighted by atomic mass is 10.0. The fourth-order valence-corrected chi connectivity index (χ4v) is 3.81. The van der Waals surface area contributed by atoms with Gasteiger partial charge in [-0.3, -0.25) is 9.69 Å². The number of benzene rings is 2. The number of piperidine rings is 1. The molecule has 1 aliphatic heterocycles. The number of aromatic nitrogens is 3. The Morgan fingerprint density at radius 2 is 1.76 bits per heavy atom. The number of nitrogens with one attached hydrogen (secondary N) is 1. The van der Waals surface area contributed by atoms with E-state index < -0.39 is 0 Å². The minimum Gasteiger partial charge on any atom is -0.348 e. The van der Waals surface area contributed by atoms with Crippen molar-refractivity contribution >= 4 is 17.5 Å². The van der Waals surface area contributed by atoms with Gasteiger partial charge in [-0.05, 0) is 30.0 Å². The number of likely N-dealkylation sites (tertiary alicyclic amines) is 1. The summed E-state index contributed by atoms with van der Waals surface area (Å²) in [5.74, 6) is -0.170. The van der Waals surface area contributed by atoms with E-state index in [2.05, 4.69) is 44.8 Å². The van der Waals surface area contributed by atoms with Crippen molar-refractivity contribution in [1.29, 1.82) is 0 Å². The van der Waals surface area contributed by atoms with Crippen molar-refractivity contribution < 1.29 is 4.79 Å². The molecule has 2 heterocycles. The highest BCUT2D eigenvalue weighted by atomic mass is 35.5. The first kappa shape index (κ1) is 19.6. The largest absolute Gasteiger partial charge is 0.348 e. The molecule has 7 heteroatoms. The maximum Gasteiger partial charge on any atom is 0.273 e. The van der Waals surface area contributed by atoms with Crippen molar-refractivity contribution in [3.05, 3.63) is 82.6 Å². The van der Waals surface area contributed by atoms with Gasteiger partial charge < -0.3 is 5.32 Å². The highest BCUT2D eigenvalue weighted by Gasteiger charge is 2.22. The van der Waals surface area contributed by atoms with Gasteiger partial charge in [0.2, 0.25) is 0 Å². The molecule has 29 heavy (non-hydrogen) atoms. The summed E-state index contributed by atoms with van der Waals surface area (Å²) in [5.41, 5.74) is 2.60. The highest BCUT2D eigenvalue weighted by Crippen LogP contribution is 2.16. The molecular weight excluding hydrogens is 386 g/mol. The molecule has 1 aromatic heterocycles. The van der Waals surface area contributed by atoms with Gasteiger partial charge in [0.1, 0.15) is 0 Å². The third-order valence-corrected chi connectivity index (χ3v) is 5.60. The van der Waals surface area contributed by atoms with Crippen molar-refractivity contribution in [2.45, 2.75) is 32.0 Å². The van der Waals surface area contributed by atoms with Gasteiger partial charge in [-0.25, -0.2) is 4.68 Å². The average Bonchev–Trinajstić information content (AvgIpc) is 3.21. The lowest BCUT2D eigenvalue weighted by Gasteiger charge is -2.32. The predicted molar refractivity (Wildman–Crippen MR) is 113 cm³/mol. The van der Waals surface area contributed by atoms with Crippen molar-refractivity contribution in [1.82, 2.24) is 25.2 Å². The molecule has 1 saturated heterocycles. The highest BCUT2D eigenvalue weighted by molar-refractivity contribution is 6.31. The Morgan fingerprint density at radius 3 is 2.52 bits per heavy atom. The monoisotopic (exact) mass is 409 g/mol. The molecule has 4 rings (SSSR count). The second-order valence-corrected chi connectivity index (χ2v) is 7.81. The molecule has 2 aromatic carbocycles. The van der Waals surface area contributed by atoms with Gasteiger partial charge in [0.05, 0.1) is 12.7 Å². The van der Waals surface area contributed by atoms with Crippen LogP contribution in [0.5, 0.6) is 0 Å². The molecule has 0 atom stereocenters. The van der Waals surface area contributed by atoms with Crippen LogP contribution in [0.3, 0.4) is 0 Å². The molecule has 1 aliphatic rings. The minimum atomic E-state index is -0.170. The number of nitrogens with zero attached hydrogens (tertiary/aromatic N) is 4. The van der Waals surface area contributed by atoms with E-state index in [0.29, 0.717) is 17.3 Å². The number of hydrogen-bond acceptors (Lipinski definition) is 4. The van der Waals surface area contributed by atoms with Gasteiger partial charge in [-0.2, -0.15) is 0 Å². The number of halogens is 1. The van der Waals surface area contributed by atoms with Crippen LogP contribution in [0.2, 0.25) is 5.02 Å². The number of hydrogen-bond donors (Lipinski definition) is 1. The van der Waals surface area contributed by atoms with Crippen LogP contribution in [-0.4, -0.2) is 44.9 Å². The van der Waals surface area contributed by atoms with E-state index in [1.54, 1.807) is 10.9 Å². The molecule has 0 bridgehead atoms. The number of carbonyl (C=O) groups is 1. The lowest BCUT2D eigenvalue weighted by Crippen LogP contribution is -2.44. The van der Waals surface area contributed by atoms with E-state index in [-0.39, 0.29) is 11.9 Å². The van der Waals surface area contributed by atoms with Crippen LogP contribution in [0.15, 0.2) is 60.8 Å². The van der Waals surface area contributed by atoms with E-state index in [0.717, 1.165) is 38.0 Å². The van der Waals surface area contributed by atoms with Gasteiger partial charge in [-0.1, -0.05) is 65.3 Å². The molecule has 0 spiro atoms. The van der Waals surface area contributed by atoms with Crippen LogP contribution in [0, 0.1) is 0 Å². The molecule has 1 N–H and O–H groups in total. The topological polar surface area (TPSA) is 63.1 Å². The normalized spacial score (nSPS) is 15.3. The van der Waals surface area contributed by atoms with Crippen LogP contribution in [-0.2, 0) is 13.1 Å². The molecule has 0 aliphatic carbocycles. The van der Waals surface area contributed by atoms with Crippen molar-refractivity contribution in [3.63, 3.8) is 0 Å². The van der Waals surface area contributed by atoms with Crippen LogP contribution in [0.1, 0.15) is 34.5 Å². The number of carbonyl (C=O) groups excluding carboxylic acids is 1. The minimum absolute atomic E-state index is 0.170. The molecule has 0 saturated carbocycles. The third-order valence-electron chi connectivity index (χ3n) is 5.23. The smallest absolute Gasteiger partial charge is 0.273 e. The Labute approximate surface area is 175 Å². The fraction of sp³-hybridized carbons (Fsp3) is 0.318. The Morgan fingerprint density at radius 1 is 1.03 bits per heavy atom. The molecule has 3 aromatic rings. The van der Waals surface area contributed by atoms with Crippen LogP contribution in [0.25, 0.3) is 0 Å². The summed E-state index contributed by atoms with van der Waals surface area (Å²) in [6.45, 7) is 3.38. The van der Waals surface area contributed by atoms with Gasteiger partial charge >= 0.3 is 0 Å². The maximum absolute atomic E-state index is 12.6. The van der Waals surface area contributed by atoms with Gasteiger partial charge in [0, 0.05) is 30.7 Å². The van der Waals surface area contributed by atoms with E-state index in [1.165, 1.54) is 5.56 Å². The summed E-state index contributed by atoms with van der Waals surface area (Å²) in [4.78, 5) is 15.0. The number of amides is 1. The van der Waals surface area contributed by atoms with Gasteiger partial charge in [0.15, 0.2) is 5.69 Å². The van der Waals surface area contributed by atoms with Gasteiger partial charge in [0.25, 0.3) is 5.91 Å². The molecule has 1 amide bonds. The average molecular weight is 410 g/mol. The Bertz CT molecular complexity index is 951. The molecule has 1 fully saturated rings. The first-order valence-corrected chi connectivity index (χ1v) is 10.3. The summed E-state index contributed by atoms with van der Waals surface area (Å²) in [6, 6.07) is 18.2. The zero-order valence-corrected chi connectivity index (χ0v) is 16.9. The molecular formula is C22H24ClN5O. The second kappa shape index (κ2) is 9.20. The van der Waals surface area contributed by atoms with Gasteiger partial charge in [-0.15, -0.1) is 5.10 Å². The molecule has 6 nitrogen and oxygen atoms in total. The Balaban J connectivity index is 1.27. The quantitative estimate of drug-likeness (QED) is 0.678. The predicted octanol–water partition coefficient (Wildman–Crippen LogP) is 3.37. The van der Waals surface area contributed by atoms with E-state index in [4.69, 9.17) is 11.6 Å². The third kappa shape index (κ3) is 5.22. The summed E-state index contributed by atoms with van der Waals surface area (Å²) < 4.78 is 1.64. The van der Waals surface area contributed by atoms with Crippen LogP contribution < -0.4 is 5.32 Å². The van der Waals surface area contributed by atoms with Crippen LogP contribution >= 0.6 is 11.6 Å². The first-order chi connectivity index (χ1) is 14.2. The fourth-order valence-electron chi connectivity index (χ4n) is 3.62. The lowest BCUT2D eigenvalue weighted by molar-refractivity contribution is 0.0904. The van der Waals surface area contributed by atoms with Crippen molar-refractivity contribution in [2.75, 3.05) is 13.1 Å². The molecule has 0 unspecified atom stereocenters.